The van der Waals surface area contributed by atoms with Crippen LogP contribution in [0.25, 0.3) is 16.5 Å². The molecule has 1 fully saturated rings. The van der Waals surface area contributed by atoms with E-state index in [4.69, 9.17) is 19.0 Å². The largest absolute Gasteiger partial charge is 0.478 e. The number of ether oxygens (including phenoxy) is 2. The van der Waals surface area contributed by atoms with Crippen LogP contribution in [0.5, 0.6) is 0 Å². The maximum atomic E-state index is 12.8. The fourth-order valence-corrected chi connectivity index (χ4v) is 3.08. The third-order valence-corrected chi connectivity index (χ3v) is 4.44. The average molecular weight is 326 g/mol. The summed E-state index contributed by atoms with van der Waals surface area (Å²) in [5.41, 5.74) is 0.800. The molecule has 2 aliphatic rings. The van der Waals surface area contributed by atoms with Gasteiger partial charge >= 0.3 is 5.97 Å². The van der Waals surface area contributed by atoms with Crippen molar-refractivity contribution in [2.24, 2.45) is 0 Å². The lowest BCUT2D eigenvalue weighted by Crippen LogP contribution is -2.28. The van der Waals surface area contributed by atoms with Crippen molar-refractivity contribution in [1.82, 2.24) is 0 Å². The van der Waals surface area contributed by atoms with Gasteiger partial charge < -0.3 is 19.0 Å². The Balaban J connectivity index is 1.81. The van der Waals surface area contributed by atoms with Crippen LogP contribution in [0, 0.1) is 0 Å². The highest BCUT2D eigenvalue weighted by Crippen LogP contribution is 2.40. The van der Waals surface area contributed by atoms with E-state index in [0.29, 0.717) is 17.4 Å². The van der Waals surface area contributed by atoms with Crippen molar-refractivity contribution in [2.75, 3.05) is 6.79 Å². The van der Waals surface area contributed by atoms with Crippen LogP contribution in [-0.4, -0.2) is 23.5 Å². The molecule has 2 heterocycles. The van der Waals surface area contributed by atoms with Crippen molar-refractivity contribution in [3.8, 4) is 0 Å². The second-order valence-electron chi connectivity index (χ2n) is 6.03. The predicted molar refractivity (Wildman–Crippen MR) is 85.6 cm³/mol. The Morgan fingerprint density at radius 1 is 1.29 bits per heavy atom. The quantitative estimate of drug-likeness (QED) is 0.913. The Labute approximate surface area is 136 Å². The molecule has 122 valence electrons. The molecule has 1 aliphatic heterocycles. The Bertz CT molecular complexity index is 981. The molecule has 1 atom stereocenters. The zero-order valence-electron chi connectivity index (χ0n) is 12.9. The molecule has 0 bridgehead atoms. The summed E-state index contributed by atoms with van der Waals surface area (Å²) in [7, 11) is 0. The Morgan fingerprint density at radius 2 is 2.12 bits per heavy atom. The zero-order valence-corrected chi connectivity index (χ0v) is 12.9. The number of fused-ring (bicyclic) bond motifs is 2. The van der Waals surface area contributed by atoms with E-state index in [1.807, 2.05) is 19.1 Å². The van der Waals surface area contributed by atoms with E-state index < -0.39 is 11.6 Å². The number of hydrogen-bond acceptors (Lipinski definition) is 5. The molecular formula is C18H14O6. The van der Waals surface area contributed by atoms with Crippen molar-refractivity contribution < 1.29 is 23.8 Å². The standard InChI is InChI=1S/C18H14O6/c1-18-7-11(3-5-15(18)23-9-24-18)13-8-22-14-6-10(17(20)21)2-4-12(14)16(13)19/h2-6,8H,7,9H2,1H3,(H,20,21). The minimum absolute atomic E-state index is 0.0758. The zero-order chi connectivity index (χ0) is 16.9. The lowest BCUT2D eigenvalue weighted by molar-refractivity contribution is 0.00514. The fraction of sp³-hybridized carbons (Fsp3) is 0.222. The molecule has 24 heavy (non-hydrogen) atoms. The highest BCUT2D eigenvalue weighted by Gasteiger charge is 2.40. The summed E-state index contributed by atoms with van der Waals surface area (Å²) in [6.45, 7) is 2.12. The van der Waals surface area contributed by atoms with Crippen molar-refractivity contribution >= 4 is 22.5 Å². The molecule has 0 amide bonds. The van der Waals surface area contributed by atoms with Crippen LogP contribution in [0.1, 0.15) is 29.3 Å². The molecule has 1 unspecified atom stereocenters. The number of carboxylic acids is 1. The lowest BCUT2D eigenvalue weighted by Gasteiger charge is -2.26. The molecule has 2 aromatic rings. The van der Waals surface area contributed by atoms with Gasteiger partial charge in [-0.1, -0.05) is 6.08 Å². The first-order valence-corrected chi connectivity index (χ1v) is 7.45. The van der Waals surface area contributed by atoms with Gasteiger partial charge in [0.2, 0.25) is 0 Å². The molecule has 0 radical (unpaired) electrons. The Kier molecular flexibility index (Phi) is 3.11. The van der Waals surface area contributed by atoms with Gasteiger partial charge in [-0.3, -0.25) is 4.79 Å². The first kappa shape index (κ1) is 14.7. The van der Waals surface area contributed by atoms with Gasteiger partial charge in [-0.15, -0.1) is 0 Å². The van der Waals surface area contributed by atoms with Crippen LogP contribution in [0.4, 0.5) is 0 Å². The average Bonchev–Trinajstić information content (AvgIpc) is 2.95. The maximum absolute atomic E-state index is 12.8. The van der Waals surface area contributed by atoms with Crippen LogP contribution in [-0.2, 0) is 9.47 Å². The van der Waals surface area contributed by atoms with Crippen LogP contribution < -0.4 is 5.43 Å². The van der Waals surface area contributed by atoms with Gasteiger partial charge in [0.25, 0.3) is 0 Å². The van der Waals surface area contributed by atoms with Crippen molar-refractivity contribution in [1.29, 1.82) is 0 Å². The summed E-state index contributed by atoms with van der Waals surface area (Å²) in [6, 6.07) is 4.23. The van der Waals surface area contributed by atoms with E-state index in [-0.39, 0.29) is 23.4 Å². The first-order valence-electron chi connectivity index (χ1n) is 7.45. The van der Waals surface area contributed by atoms with Crippen LogP contribution in [0.15, 0.2) is 51.6 Å². The van der Waals surface area contributed by atoms with E-state index in [0.717, 1.165) is 11.3 Å². The molecule has 6 heteroatoms. The van der Waals surface area contributed by atoms with Crippen molar-refractivity contribution in [3.05, 3.63) is 63.7 Å². The SMILES string of the molecule is CC12CC(c3coc4cc(C(=O)O)ccc4c3=O)=CC=C1OCO2. The minimum Gasteiger partial charge on any atom is -0.478 e. The third-order valence-electron chi connectivity index (χ3n) is 4.44. The van der Waals surface area contributed by atoms with E-state index in [9.17, 15) is 9.59 Å². The highest BCUT2D eigenvalue weighted by atomic mass is 16.7. The van der Waals surface area contributed by atoms with E-state index in [2.05, 4.69) is 0 Å². The molecule has 1 aromatic heterocycles. The Morgan fingerprint density at radius 3 is 2.92 bits per heavy atom. The van der Waals surface area contributed by atoms with E-state index in [1.165, 1.54) is 24.5 Å². The number of carbonyl (C=O) groups is 1. The van der Waals surface area contributed by atoms with Crippen LogP contribution in [0.3, 0.4) is 0 Å². The monoisotopic (exact) mass is 326 g/mol. The lowest BCUT2D eigenvalue weighted by atomic mass is 9.86. The summed E-state index contributed by atoms with van der Waals surface area (Å²) < 4.78 is 16.6. The highest BCUT2D eigenvalue weighted by molar-refractivity contribution is 5.93. The number of carboxylic acid groups (broad SMARTS) is 1. The molecule has 1 aromatic carbocycles. The second kappa shape index (κ2) is 5.07. The van der Waals surface area contributed by atoms with Gasteiger partial charge in [0.15, 0.2) is 12.2 Å². The van der Waals surface area contributed by atoms with Crippen molar-refractivity contribution in [3.63, 3.8) is 0 Å². The maximum Gasteiger partial charge on any atom is 0.335 e. The van der Waals surface area contributed by atoms with Crippen LogP contribution in [0.2, 0.25) is 0 Å². The summed E-state index contributed by atoms with van der Waals surface area (Å²) in [4.78, 5) is 23.8. The summed E-state index contributed by atoms with van der Waals surface area (Å²) in [5.74, 6) is -0.315. The fourth-order valence-electron chi connectivity index (χ4n) is 3.08. The molecule has 6 nitrogen and oxygen atoms in total. The van der Waals surface area contributed by atoms with Gasteiger partial charge in [0.1, 0.15) is 23.2 Å². The topological polar surface area (TPSA) is 86.0 Å². The molecule has 4 rings (SSSR count). The second-order valence-corrected chi connectivity index (χ2v) is 6.03. The third kappa shape index (κ3) is 2.15. The molecule has 0 spiro atoms. The van der Waals surface area contributed by atoms with Gasteiger partial charge in [0, 0.05) is 6.42 Å². The van der Waals surface area contributed by atoms with Crippen LogP contribution >= 0.6 is 0 Å². The number of hydrogen-bond donors (Lipinski definition) is 1. The van der Waals surface area contributed by atoms with Gasteiger partial charge in [-0.25, -0.2) is 4.79 Å². The normalized spacial score (nSPS) is 22.5. The number of aromatic carboxylic acids is 1. The molecular weight excluding hydrogens is 312 g/mol. The number of allylic oxidation sites excluding steroid dienone is 2. The van der Waals surface area contributed by atoms with E-state index in [1.54, 1.807) is 0 Å². The van der Waals surface area contributed by atoms with Crippen molar-refractivity contribution in [2.45, 2.75) is 18.9 Å². The molecule has 1 aliphatic carbocycles. The van der Waals surface area contributed by atoms with Gasteiger partial charge in [-0.05, 0) is 36.8 Å². The summed E-state index contributed by atoms with van der Waals surface area (Å²) >= 11 is 0. The first-order chi connectivity index (χ1) is 11.5. The predicted octanol–water partition coefficient (Wildman–Crippen LogP) is 2.93. The molecule has 1 saturated heterocycles. The Hall–Kier alpha value is -2.86. The van der Waals surface area contributed by atoms with Gasteiger partial charge in [-0.2, -0.15) is 0 Å². The molecule has 1 N–H and O–H groups in total. The number of benzene rings is 1. The summed E-state index contributed by atoms with van der Waals surface area (Å²) in [5, 5.41) is 9.38. The minimum atomic E-state index is -1.07. The van der Waals surface area contributed by atoms with E-state index >= 15 is 0 Å². The number of rotatable bonds is 2. The summed E-state index contributed by atoms with van der Waals surface area (Å²) in [6.07, 6.45) is 5.51. The smallest absolute Gasteiger partial charge is 0.335 e. The van der Waals surface area contributed by atoms with Gasteiger partial charge in [0.05, 0.1) is 16.5 Å². The molecule has 0 saturated carbocycles.